The fourth-order valence-electron chi connectivity index (χ4n) is 0.673. The fraction of sp³-hybridized carbons (Fsp3) is 0.900. The number of rotatable bonds is 5. The van der Waals surface area contributed by atoms with Gasteiger partial charge in [-0.05, 0) is 12.8 Å². The van der Waals surface area contributed by atoms with E-state index in [9.17, 15) is 4.79 Å². The second-order valence-corrected chi connectivity index (χ2v) is 3.97. The molecular formula is C10H21NO2. The Hall–Kier alpha value is -0.570. The highest BCUT2D eigenvalue weighted by molar-refractivity contribution is 5.71. The highest BCUT2D eigenvalue weighted by atomic mass is 16.5. The van der Waals surface area contributed by atoms with E-state index in [2.05, 4.69) is 5.32 Å². The molecule has 0 bridgehead atoms. The summed E-state index contributed by atoms with van der Waals surface area (Å²) < 4.78 is 5.16. The summed E-state index contributed by atoms with van der Waals surface area (Å²) in [6.07, 6.45) is 0.00135. The summed E-state index contributed by atoms with van der Waals surface area (Å²) in [5.41, 5.74) is 0. The average molecular weight is 187 g/mol. The van der Waals surface area contributed by atoms with Crippen LogP contribution in [0.5, 0.6) is 0 Å². The Morgan fingerprint density at radius 2 is 1.77 bits per heavy atom. The van der Waals surface area contributed by atoms with E-state index in [1.807, 2.05) is 34.6 Å². The van der Waals surface area contributed by atoms with E-state index in [4.69, 9.17) is 4.74 Å². The van der Waals surface area contributed by atoms with Crippen LogP contribution in [0.2, 0.25) is 0 Å². The third kappa shape index (κ3) is 6.58. The number of hydrogen-bond donors (Lipinski definition) is 1. The number of carbonyl (C=O) groups excluding carboxylic acids is 1. The Bertz CT molecular complexity index is 155. The summed E-state index contributed by atoms with van der Waals surface area (Å²) in [5, 5.41) is 3.01. The molecule has 1 unspecified atom stereocenters. The maximum Gasteiger partial charge on any atom is 0.320 e. The maximum atomic E-state index is 11.2. The van der Waals surface area contributed by atoms with Crippen molar-refractivity contribution in [3.05, 3.63) is 0 Å². The molecule has 3 nitrogen and oxygen atoms in total. The molecule has 0 heterocycles. The van der Waals surface area contributed by atoms with Crippen molar-refractivity contribution < 1.29 is 9.53 Å². The van der Waals surface area contributed by atoms with Crippen LogP contribution in [0.1, 0.15) is 34.6 Å². The normalized spacial score (nSPS) is 13.5. The van der Waals surface area contributed by atoms with Crippen molar-refractivity contribution in [2.45, 2.75) is 46.8 Å². The molecule has 0 aliphatic carbocycles. The summed E-state index contributed by atoms with van der Waals surface area (Å²) in [4.78, 5) is 11.2. The molecule has 0 saturated carbocycles. The molecule has 0 aliphatic heterocycles. The number of ether oxygens (including phenoxy) is 1. The first-order chi connectivity index (χ1) is 5.93. The van der Waals surface area contributed by atoms with Gasteiger partial charge in [-0.3, -0.25) is 4.79 Å². The van der Waals surface area contributed by atoms with Gasteiger partial charge in [-0.15, -0.1) is 0 Å². The molecule has 0 fully saturated rings. The lowest BCUT2D eigenvalue weighted by Crippen LogP contribution is -2.32. The maximum absolute atomic E-state index is 11.2. The van der Waals surface area contributed by atoms with E-state index in [1.54, 1.807) is 0 Å². The van der Waals surface area contributed by atoms with Crippen LogP contribution in [-0.2, 0) is 9.53 Å². The van der Waals surface area contributed by atoms with E-state index in [0.29, 0.717) is 18.5 Å². The topological polar surface area (TPSA) is 38.3 Å². The van der Waals surface area contributed by atoms with Crippen molar-refractivity contribution in [2.75, 3.05) is 6.54 Å². The van der Waals surface area contributed by atoms with Gasteiger partial charge in [0, 0.05) is 6.04 Å². The number of carbonyl (C=O) groups is 1. The Kier molecular flexibility index (Phi) is 5.71. The largest absolute Gasteiger partial charge is 0.461 e. The lowest BCUT2D eigenvalue weighted by Gasteiger charge is -2.17. The van der Waals surface area contributed by atoms with Crippen LogP contribution in [0.25, 0.3) is 0 Å². The Labute approximate surface area is 80.8 Å². The van der Waals surface area contributed by atoms with Crippen molar-refractivity contribution in [3.63, 3.8) is 0 Å². The van der Waals surface area contributed by atoms with Crippen molar-refractivity contribution >= 4 is 5.97 Å². The molecule has 0 aromatic heterocycles. The van der Waals surface area contributed by atoms with E-state index in [-0.39, 0.29) is 12.1 Å². The van der Waals surface area contributed by atoms with Gasteiger partial charge in [0.2, 0.25) is 0 Å². The minimum Gasteiger partial charge on any atom is -0.461 e. The molecule has 0 spiro atoms. The first-order valence-corrected chi connectivity index (χ1v) is 4.86. The third-order valence-corrected chi connectivity index (χ3v) is 1.91. The lowest BCUT2D eigenvalue weighted by atomic mass is 10.1. The monoisotopic (exact) mass is 187 g/mol. The van der Waals surface area contributed by atoms with Crippen LogP contribution in [0.15, 0.2) is 0 Å². The van der Waals surface area contributed by atoms with Crippen molar-refractivity contribution in [2.24, 2.45) is 5.92 Å². The summed E-state index contributed by atoms with van der Waals surface area (Å²) in [5.74, 6) is 0.206. The zero-order valence-electron chi connectivity index (χ0n) is 9.26. The third-order valence-electron chi connectivity index (χ3n) is 1.91. The highest BCUT2D eigenvalue weighted by Gasteiger charge is 2.12. The van der Waals surface area contributed by atoms with Crippen LogP contribution < -0.4 is 5.32 Å². The quantitative estimate of drug-likeness (QED) is 0.664. The smallest absolute Gasteiger partial charge is 0.320 e. The van der Waals surface area contributed by atoms with Gasteiger partial charge in [-0.1, -0.05) is 27.7 Å². The minimum absolute atomic E-state index is 0.00135. The van der Waals surface area contributed by atoms with Gasteiger partial charge in [0.1, 0.15) is 6.10 Å². The van der Waals surface area contributed by atoms with Gasteiger partial charge < -0.3 is 10.1 Å². The van der Waals surface area contributed by atoms with Gasteiger partial charge in [-0.2, -0.15) is 0 Å². The zero-order chi connectivity index (χ0) is 10.4. The number of hydrogen-bond acceptors (Lipinski definition) is 3. The SMILES string of the molecule is CC(C)NCC(=O)OC(C)C(C)C. The summed E-state index contributed by atoms with van der Waals surface area (Å²) in [6.45, 7) is 10.3. The van der Waals surface area contributed by atoms with Crippen LogP contribution in [0, 0.1) is 5.92 Å². The summed E-state index contributed by atoms with van der Waals surface area (Å²) in [6, 6.07) is 0.321. The lowest BCUT2D eigenvalue weighted by molar-refractivity contribution is -0.149. The van der Waals surface area contributed by atoms with Gasteiger partial charge in [0.25, 0.3) is 0 Å². The Morgan fingerprint density at radius 1 is 1.23 bits per heavy atom. The summed E-state index contributed by atoms with van der Waals surface area (Å²) in [7, 11) is 0. The van der Waals surface area contributed by atoms with E-state index >= 15 is 0 Å². The molecular weight excluding hydrogens is 166 g/mol. The second-order valence-electron chi connectivity index (χ2n) is 3.97. The van der Waals surface area contributed by atoms with E-state index in [1.165, 1.54) is 0 Å². The van der Waals surface area contributed by atoms with Crippen LogP contribution in [0.4, 0.5) is 0 Å². The molecule has 0 radical (unpaired) electrons. The number of nitrogens with one attached hydrogen (secondary N) is 1. The molecule has 0 aromatic rings. The Morgan fingerprint density at radius 3 is 2.15 bits per heavy atom. The van der Waals surface area contributed by atoms with Crippen molar-refractivity contribution in [1.82, 2.24) is 5.32 Å². The summed E-state index contributed by atoms with van der Waals surface area (Å²) >= 11 is 0. The minimum atomic E-state index is -0.171. The van der Waals surface area contributed by atoms with Crippen LogP contribution in [0.3, 0.4) is 0 Å². The molecule has 1 N–H and O–H groups in total. The van der Waals surface area contributed by atoms with Gasteiger partial charge >= 0.3 is 5.97 Å². The first-order valence-electron chi connectivity index (χ1n) is 4.86. The molecule has 0 aliphatic rings. The molecule has 0 rings (SSSR count). The molecule has 13 heavy (non-hydrogen) atoms. The van der Waals surface area contributed by atoms with Gasteiger partial charge in [-0.25, -0.2) is 0 Å². The first kappa shape index (κ1) is 12.4. The Balaban J connectivity index is 3.62. The van der Waals surface area contributed by atoms with E-state index in [0.717, 1.165) is 0 Å². The molecule has 0 aromatic carbocycles. The number of esters is 1. The molecule has 3 heteroatoms. The van der Waals surface area contributed by atoms with Crippen LogP contribution in [-0.4, -0.2) is 24.7 Å². The molecule has 0 amide bonds. The van der Waals surface area contributed by atoms with Gasteiger partial charge in [0.15, 0.2) is 0 Å². The van der Waals surface area contributed by atoms with Gasteiger partial charge in [0.05, 0.1) is 6.54 Å². The zero-order valence-corrected chi connectivity index (χ0v) is 9.26. The predicted molar refractivity (Wildman–Crippen MR) is 53.5 cm³/mol. The predicted octanol–water partition coefficient (Wildman–Crippen LogP) is 1.57. The molecule has 0 saturated heterocycles. The highest BCUT2D eigenvalue weighted by Crippen LogP contribution is 2.04. The van der Waals surface area contributed by atoms with E-state index < -0.39 is 0 Å². The average Bonchev–Trinajstić information content (AvgIpc) is 2.00. The van der Waals surface area contributed by atoms with Crippen molar-refractivity contribution in [1.29, 1.82) is 0 Å². The fourth-order valence-corrected chi connectivity index (χ4v) is 0.673. The van der Waals surface area contributed by atoms with Crippen molar-refractivity contribution in [3.8, 4) is 0 Å². The molecule has 78 valence electrons. The standard InChI is InChI=1S/C10H21NO2/c1-7(2)9(5)13-10(12)6-11-8(3)4/h7-9,11H,6H2,1-5H3. The van der Waals surface area contributed by atoms with Crippen LogP contribution >= 0.6 is 0 Å². The molecule has 1 atom stereocenters. The second kappa shape index (κ2) is 5.97.